The molecule has 52 valence electrons. The van der Waals surface area contributed by atoms with E-state index in [1.165, 1.54) is 0 Å². The zero-order valence-corrected chi connectivity index (χ0v) is 6.73. The van der Waals surface area contributed by atoms with Gasteiger partial charge in [-0.25, -0.2) is 0 Å². The van der Waals surface area contributed by atoms with Gasteiger partial charge in [0, 0.05) is 0 Å². The van der Waals surface area contributed by atoms with Crippen molar-refractivity contribution in [3.05, 3.63) is 46.5 Å². The standard InChI is InChI=1S/C8H6Cl2/c9-7-5-3-1-2-4-6-8(7)10/h1-6H. The number of rotatable bonds is 0. The van der Waals surface area contributed by atoms with Gasteiger partial charge in [-0.2, -0.15) is 0 Å². The van der Waals surface area contributed by atoms with Gasteiger partial charge < -0.3 is 0 Å². The Balaban J connectivity index is 2.93. The van der Waals surface area contributed by atoms with Crippen LogP contribution in [-0.4, -0.2) is 0 Å². The van der Waals surface area contributed by atoms with Crippen molar-refractivity contribution in [1.82, 2.24) is 0 Å². The minimum Gasteiger partial charge on any atom is -0.0827 e. The Kier molecular flexibility index (Phi) is 2.79. The summed E-state index contributed by atoms with van der Waals surface area (Å²) in [5, 5.41) is 1.14. The summed E-state index contributed by atoms with van der Waals surface area (Å²) >= 11 is 11.4. The molecular weight excluding hydrogens is 167 g/mol. The van der Waals surface area contributed by atoms with Gasteiger partial charge in [-0.15, -0.1) is 0 Å². The average Bonchev–Trinajstić information content (AvgIpc) is 1.92. The van der Waals surface area contributed by atoms with Crippen LogP contribution in [0.1, 0.15) is 0 Å². The Morgan fingerprint density at radius 1 is 0.700 bits per heavy atom. The van der Waals surface area contributed by atoms with Crippen LogP contribution in [-0.2, 0) is 0 Å². The molecule has 1 rings (SSSR count). The minimum absolute atomic E-state index is 0.572. The summed E-state index contributed by atoms with van der Waals surface area (Å²) < 4.78 is 0. The zero-order chi connectivity index (χ0) is 7.40. The van der Waals surface area contributed by atoms with E-state index < -0.39 is 0 Å². The molecule has 0 fully saturated rings. The minimum atomic E-state index is 0.572. The molecule has 0 heterocycles. The van der Waals surface area contributed by atoms with Crippen LogP contribution in [0.5, 0.6) is 0 Å². The van der Waals surface area contributed by atoms with Crippen LogP contribution in [0.2, 0.25) is 0 Å². The van der Waals surface area contributed by atoms with E-state index in [1.807, 2.05) is 24.3 Å². The van der Waals surface area contributed by atoms with E-state index in [0.717, 1.165) is 0 Å². The van der Waals surface area contributed by atoms with Gasteiger partial charge in [-0.05, 0) is 12.2 Å². The largest absolute Gasteiger partial charge is 0.0827 e. The highest BCUT2D eigenvalue weighted by atomic mass is 35.5. The van der Waals surface area contributed by atoms with Crippen molar-refractivity contribution in [2.45, 2.75) is 0 Å². The van der Waals surface area contributed by atoms with Crippen molar-refractivity contribution < 1.29 is 0 Å². The molecule has 0 bridgehead atoms. The Bertz CT molecular complexity index is 208. The fourth-order valence-corrected chi connectivity index (χ4v) is 0.839. The smallest absolute Gasteiger partial charge is 0.0592 e. The van der Waals surface area contributed by atoms with Crippen LogP contribution in [0.15, 0.2) is 46.5 Å². The molecule has 0 aliphatic heterocycles. The van der Waals surface area contributed by atoms with Crippen molar-refractivity contribution in [3.8, 4) is 0 Å². The molecule has 0 aromatic heterocycles. The van der Waals surface area contributed by atoms with E-state index in [9.17, 15) is 0 Å². The van der Waals surface area contributed by atoms with Crippen LogP contribution in [0, 0.1) is 0 Å². The second-order valence-electron chi connectivity index (χ2n) is 1.80. The molecule has 0 saturated carbocycles. The number of halogens is 2. The summed E-state index contributed by atoms with van der Waals surface area (Å²) in [6, 6.07) is 0. The summed E-state index contributed by atoms with van der Waals surface area (Å²) in [4.78, 5) is 0. The van der Waals surface area contributed by atoms with Crippen molar-refractivity contribution in [3.63, 3.8) is 0 Å². The molecule has 0 atom stereocenters. The molecule has 0 aromatic carbocycles. The first-order chi connectivity index (χ1) is 4.80. The van der Waals surface area contributed by atoms with Crippen molar-refractivity contribution in [2.24, 2.45) is 0 Å². The molecule has 1 aliphatic carbocycles. The summed E-state index contributed by atoms with van der Waals surface area (Å²) in [6.45, 7) is 0. The predicted molar refractivity (Wildman–Crippen MR) is 46.2 cm³/mol. The van der Waals surface area contributed by atoms with Crippen LogP contribution >= 0.6 is 23.2 Å². The van der Waals surface area contributed by atoms with E-state index in [2.05, 4.69) is 0 Å². The third-order valence-corrected chi connectivity index (χ3v) is 1.80. The lowest BCUT2D eigenvalue weighted by atomic mass is 10.3. The van der Waals surface area contributed by atoms with Crippen molar-refractivity contribution >= 4 is 23.2 Å². The third-order valence-electron chi connectivity index (χ3n) is 1.05. The second kappa shape index (κ2) is 3.65. The average molecular weight is 173 g/mol. The Labute approximate surface area is 70.1 Å². The number of allylic oxidation sites excluding steroid dienone is 8. The first-order valence-electron chi connectivity index (χ1n) is 2.87. The second-order valence-corrected chi connectivity index (χ2v) is 2.61. The highest BCUT2D eigenvalue weighted by molar-refractivity contribution is 6.41. The third kappa shape index (κ3) is 2.05. The lowest BCUT2D eigenvalue weighted by Crippen LogP contribution is -1.70. The van der Waals surface area contributed by atoms with Gasteiger partial charge in [0.1, 0.15) is 0 Å². The molecule has 0 nitrogen and oxygen atoms in total. The molecule has 0 radical (unpaired) electrons. The van der Waals surface area contributed by atoms with Crippen LogP contribution in [0.4, 0.5) is 0 Å². The van der Waals surface area contributed by atoms with Gasteiger partial charge in [0.2, 0.25) is 0 Å². The molecular formula is C8H6Cl2. The Hall–Kier alpha value is -0.460. The highest BCUT2D eigenvalue weighted by Crippen LogP contribution is 2.17. The molecule has 0 spiro atoms. The lowest BCUT2D eigenvalue weighted by molar-refractivity contribution is 1.73. The maximum Gasteiger partial charge on any atom is 0.0592 e. The van der Waals surface area contributed by atoms with Crippen molar-refractivity contribution in [2.75, 3.05) is 0 Å². The first-order valence-corrected chi connectivity index (χ1v) is 3.63. The van der Waals surface area contributed by atoms with Gasteiger partial charge in [0.25, 0.3) is 0 Å². The summed E-state index contributed by atoms with van der Waals surface area (Å²) in [5.41, 5.74) is 0. The Morgan fingerprint density at radius 2 is 1.10 bits per heavy atom. The van der Waals surface area contributed by atoms with E-state index in [0.29, 0.717) is 10.1 Å². The van der Waals surface area contributed by atoms with Crippen LogP contribution in [0.25, 0.3) is 0 Å². The molecule has 10 heavy (non-hydrogen) atoms. The van der Waals surface area contributed by atoms with Crippen molar-refractivity contribution in [1.29, 1.82) is 0 Å². The fourth-order valence-electron chi connectivity index (χ4n) is 0.568. The molecule has 0 saturated heterocycles. The maximum absolute atomic E-state index is 5.72. The highest BCUT2D eigenvalue weighted by Gasteiger charge is 1.92. The molecule has 0 aromatic rings. The fraction of sp³-hybridized carbons (Fsp3) is 0. The summed E-state index contributed by atoms with van der Waals surface area (Å²) in [6.07, 6.45) is 11.0. The van der Waals surface area contributed by atoms with Gasteiger partial charge in [-0.1, -0.05) is 47.5 Å². The molecule has 0 N–H and O–H groups in total. The maximum atomic E-state index is 5.72. The summed E-state index contributed by atoms with van der Waals surface area (Å²) in [7, 11) is 0. The van der Waals surface area contributed by atoms with Crippen LogP contribution in [0.3, 0.4) is 0 Å². The van der Waals surface area contributed by atoms with Gasteiger partial charge >= 0.3 is 0 Å². The summed E-state index contributed by atoms with van der Waals surface area (Å²) in [5.74, 6) is 0. The molecule has 1 aliphatic rings. The van der Waals surface area contributed by atoms with E-state index in [4.69, 9.17) is 23.2 Å². The quantitative estimate of drug-likeness (QED) is 0.526. The van der Waals surface area contributed by atoms with Gasteiger partial charge in [0.05, 0.1) is 10.1 Å². The molecule has 2 heteroatoms. The molecule has 0 amide bonds. The zero-order valence-electron chi connectivity index (χ0n) is 5.22. The van der Waals surface area contributed by atoms with Crippen LogP contribution < -0.4 is 0 Å². The predicted octanol–water partition coefficient (Wildman–Crippen LogP) is 3.36. The SMILES string of the molecule is ClC1=C(Cl)C=CC=CC=C1. The lowest BCUT2D eigenvalue weighted by Gasteiger charge is -1.92. The van der Waals surface area contributed by atoms with E-state index in [-0.39, 0.29) is 0 Å². The van der Waals surface area contributed by atoms with Gasteiger partial charge in [0.15, 0.2) is 0 Å². The van der Waals surface area contributed by atoms with Gasteiger partial charge in [-0.3, -0.25) is 0 Å². The number of hydrogen-bond donors (Lipinski definition) is 0. The number of hydrogen-bond acceptors (Lipinski definition) is 0. The monoisotopic (exact) mass is 172 g/mol. The van der Waals surface area contributed by atoms with E-state index in [1.54, 1.807) is 12.2 Å². The normalized spacial score (nSPS) is 17.4. The molecule has 0 unspecified atom stereocenters. The topological polar surface area (TPSA) is 0 Å². The Morgan fingerprint density at radius 3 is 1.50 bits per heavy atom. The first kappa shape index (κ1) is 7.64. The van der Waals surface area contributed by atoms with E-state index >= 15 is 0 Å².